The van der Waals surface area contributed by atoms with Crippen LogP contribution in [-0.2, 0) is 0 Å². The van der Waals surface area contributed by atoms with Crippen LogP contribution in [0.4, 0.5) is 0 Å². The van der Waals surface area contributed by atoms with Crippen LogP contribution >= 0.6 is 0 Å². The minimum absolute atomic E-state index is 0.0757. The molecule has 2 unspecified atom stereocenters. The van der Waals surface area contributed by atoms with Crippen molar-refractivity contribution in [2.75, 3.05) is 13.2 Å². The molecule has 0 heterocycles. The molecule has 2 atom stereocenters. The molecule has 0 saturated carbocycles. The molecule has 1 aromatic carbocycles. The highest BCUT2D eigenvalue weighted by Crippen LogP contribution is 2.15. The smallest absolute Gasteiger partial charge is 0.115 e. The molecule has 0 aliphatic rings. The molecule has 0 spiro atoms. The summed E-state index contributed by atoms with van der Waals surface area (Å²) >= 11 is 0. The van der Waals surface area contributed by atoms with Crippen molar-refractivity contribution in [1.29, 1.82) is 0 Å². The van der Waals surface area contributed by atoms with Crippen molar-refractivity contribution in [2.45, 2.75) is 19.1 Å². The van der Waals surface area contributed by atoms with E-state index in [0.29, 0.717) is 6.54 Å². The molecule has 0 fully saturated rings. The van der Waals surface area contributed by atoms with Gasteiger partial charge in [-0.3, -0.25) is 0 Å². The number of phenols is 1. The van der Waals surface area contributed by atoms with E-state index >= 15 is 0 Å². The molecule has 0 aliphatic carbocycles. The second kappa shape index (κ2) is 5.70. The largest absolute Gasteiger partial charge is 0.508 e. The van der Waals surface area contributed by atoms with Crippen LogP contribution in [-0.4, -0.2) is 34.6 Å². The Morgan fingerprint density at radius 1 is 1.27 bits per heavy atom. The van der Waals surface area contributed by atoms with Crippen LogP contribution in [0.25, 0.3) is 0 Å². The lowest BCUT2D eigenvalue weighted by molar-refractivity contribution is 0.0924. The molecule has 4 heteroatoms. The molecule has 0 aromatic heterocycles. The van der Waals surface area contributed by atoms with Gasteiger partial charge in [-0.2, -0.15) is 0 Å². The van der Waals surface area contributed by atoms with Crippen LogP contribution in [0.3, 0.4) is 0 Å². The fraction of sp³-hybridized carbons (Fsp3) is 0.455. The average molecular weight is 211 g/mol. The summed E-state index contributed by atoms with van der Waals surface area (Å²) in [5.41, 5.74) is 1.03. The van der Waals surface area contributed by atoms with Gasteiger partial charge in [-0.15, -0.1) is 0 Å². The summed E-state index contributed by atoms with van der Waals surface area (Å²) in [6.45, 7) is 2.06. The summed E-state index contributed by atoms with van der Waals surface area (Å²) in [4.78, 5) is 0. The molecule has 0 radical (unpaired) electrons. The van der Waals surface area contributed by atoms with Gasteiger partial charge in [-0.1, -0.05) is 12.1 Å². The van der Waals surface area contributed by atoms with E-state index in [1.807, 2.05) is 19.1 Å². The molecule has 0 bridgehead atoms. The third-order valence-electron chi connectivity index (χ3n) is 2.26. The Kier molecular flexibility index (Phi) is 4.55. The number of rotatable bonds is 5. The third kappa shape index (κ3) is 3.87. The van der Waals surface area contributed by atoms with E-state index in [1.165, 1.54) is 0 Å². The van der Waals surface area contributed by atoms with Crippen LogP contribution in [0.5, 0.6) is 5.75 Å². The van der Waals surface area contributed by atoms with E-state index in [4.69, 9.17) is 15.3 Å². The van der Waals surface area contributed by atoms with Gasteiger partial charge >= 0.3 is 0 Å². The number of aliphatic hydroxyl groups excluding tert-OH is 2. The van der Waals surface area contributed by atoms with Gasteiger partial charge in [0.25, 0.3) is 0 Å². The number of aliphatic hydroxyl groups is 2. The fourth-order valence-electron chi connectivity index (χ4n) is 1.26. The van der Waals surface area contributed by atoms with Crippen molar-refractivity contribution in [1.82, 2.24) is 5.32 Å². The Bertz CT molecular complexity index is 286. The molecule has 0 aliphatic heterocycles. The van der Waals surface area contributed by atoms with Gasteiger partial charge in [0.05, 0.1) is 12.7 Å². The number of hydrogen-bond donors (Lipinski definition) is 4. The SMILES string of the molecule is CC(NCC(O)CO)c1ccc(O)cc1. The number of aromatic hydroxyl groups is 1. The summed E-state index contributed by atoms with van der Waals surface area (Å²) in [7, 11) is 0. The zero-order valence-electron chi connectivity index (χ0n) is 8.72. The first-order chi connectivity index (χ1) is 7.13. The van der Waals surface area contributed by atoms with Gasteiger partial charge in [0.2, 0.25) is 0 Å². The topological polar surface area (TPSA) is 72.7 Å². The first-order valence-corrected chi connectivity index (χ1v) is 4.94. The first-order valence-electron chi connectivity index (χ1n) is 4.94. The van der Waals surface area contributed by atoms with Crippen LogP contribution in [0.15, 0.2) is 24.3 Å². The quantitative estimate of drug-likeness (QED) is 0.568. The van der Waals surface area contributed by atoms with Crippen molar-refractivity contribution in [3.63, 3.8) is 0 Å². The molecule has 0 amide bonds. The van der Waals surface area contributed by atoms with Crippen molar-refractivity contribution >= 4 is 0 Å². The summed E-state index contributed by atoms with van der Waals surface area (Å²) in [5, 5.41) is 30.0. The predicted molar refractivity (Wildman–Crippen MR) is 57.6 cm³/mol. The zero-order valence-corrected chi connectivity index (χ0v) is 8.72. The summed E-state index contributed by atoms with van der Waals surface area (Å²) in [6.07, 6.45) is -0.732. The predicted octanol–water partition coefficient (Wildman–Crippen LogP) is 0.396. The molecule has 4 N–H and O–H groups in total. The minimum Gasteiger partial charge on any atom is -0.508 e. The van der Waals surface area contributed by atoms with E-state index in [0.717, 1.165) is 5.56 Å². The number of benzene rings is 1. The monoisotopic (exact) mass is 211 g/mol. The number of hydrogen-bond acceptors (Lipinski definition) is 4. The van der Waals surface area contributed by atoms with E-state index < -0.39 is 6.10 Å². The van der Waals surface area contributed by atoms with Crippen LogP contribution in [0, 0.1) is 0 Å². The standard InChI is InChI=1S/C11H17NO3/c1-8(12-6-11(15)7-13)9-2-4-10(14)5-3-9/h2-5,8,11-15H,6-7H2,1H3. The van der Waals surface area contributed by atoms with Crippen LogP contribution < -0.4 is 5.32 Å². The first kappa shape index (κ1) is 12.0. The Morgan fingerprint density at radius 2 is 1.87 bits per heavy atom. The maximum Gasteiger partial charge on any atom is 0.115 e. The van der Waals surface area contributed by atoms with Crippen LogP contribution in [0.1, 0.15) is 18.5 Å². The Morgan fingerprint density at radius 3 is 2.40 bits per heavy atom. The Labute approximate surface area is 89.2 Å². The van der Waals surface area contributed by atoms with Gasteiger partial charge in [-0.25, -0.2) is 0 Å². The lowest BCUT2D eigenvalue weighted by Crippen LogP contribution is -2.31. The van der Waals surface area contributed by atoms with E-state index in [-0.39, 0.29) is 18.4 Å². The van der Waals surface area contributed by atoms with Crippen molar-refractivity contribution in [3.8, 4) is 5.75 Å². The van der Waals surface area contributed by atoms with Crippen molar-refractivity contribution in [3.05, 3.63) is 29.8 Å². The van der Waals surface area contributed by atoms with Gasteiger partial charge < -0.3 is 20.6 Å². The molecular formula is C11H17NO3. The number of phenolic OH excluding ortho intramolecular Hbond substituents is 1. The van der Waals surface area contributed by atoms with E-state index in [1.54, 1.807) is 12.1 Å². The minimum atomic E-state index is -0.732. The molecule has 15 heavy (non-hydrogen) atoms. The maximum absolute atomic E-state index is 9.15. The number of nitrogens with one attached hydrogen (secondary N) is 1. The molecule has 4 nitrogen and oxygen atoms in total. The van der Waals surface area contributed by atoms with Crippen molar-refractivity contribution in [2.24, 2.45) is 0 Å². The average Bonchev–Trinajstić information content (AvgIpc) is 2.26. The van der Waals surface area contributed by atoms with E-state index in [9.17, 15) is 0 Å². The second-order valence-corrected chi connectivity index (χ2v) is 3.56. The van der Waals surface area contributed by atoms with Crippen molar-refractivity contribution < 1.29 is 15.3 Å². The maximum atomic E-state index is 9.15. The highest BCUT2D eigenvalue weighted by Gasteiger charge is 2.07. The summed E-state index contributed by atoms with van der Waals surface area (Å²) in [6, 6.07) is 6.95. The second-order valence-electron chi connectivity index (χ2n) is 3.56. The lowest BCUT2D eigenvalue weighted by Gasteiger charge is -2.16. The Hall–Kier alpha value is -1.10. The molecular weight excluding hydrogens is 194 g/mol. The highest BCUT2D eigenvalue weighted by atomic mass is 16.3. The normalized spacial score (nSPS) is 14.9. The summed E-state index contributed by atoms with van der Waals surface area (Å²) < 4.78 is 0. The van der Waals surface area contributed by atoms with Gasteiger partial charge in [0.15, 0.2) is 0 Å². The van der Waals surface area contributed by atoms with Gasteiger partial charge in [0, 0.05) is 12.6 Å². The zero-order chi connectivity index (χ0) is 11.3. The third-order valence-corrected chi connectivity index (χ3v) is 2.26. The molecule has 0 saturated heterocycles. The van der Waals surface area contributed by atoms with E-state index in [2.05, 4.69) is 5.32 Å². The lowest BCUT2D eigenvalue weighted by atomic mass is 10.1. The highest BCUT2D eigenvalue weighted by molar-refractivity contribution is 5.27. The van der Waals surface area contributed by atoms with Crippen LogP contribution in [0.2, 0.25) is 0 Å². The fourth-order valence-corrected chi connectivity index (χ4v) is 1.26. The Balaban J connectivity index is 2.46. The van der Waals surface area contributed by atoms with Gasteiger partial charge in [0.1, 0.15) is 5.75 Å². The summed E-state index contributed by atoms with van der Waals surface area (Å²) in [5.74, 6) is 0.237. The molecule has 1 rings (SSSR count). The molecule has 84 valence electrons. The van der Waals surface area contributed by atoms with Gasteiger partial charge in [-0.05, 0) is 24.6 Å². The molecule has 1 aromatic rings.